The lowest BCUT2D eigenvalue weighted by Gasteiger charge is -2.32. The maximum atomic E-state index is 12.7. The maximum Gasteiger partial charge on any atom is 0.435 e. The van der Waals surface area contributed by atoms with Crippen LogP contribution in [0.5, 0.6) is 0 Å². The highest BCUT2D eigenvalue weighted by atomic mass is 19.4. The first-order chi connectivity index (χ1) is 13.3. The molecule has 4 rings (SSSR count). The molecule has 1 amide bonds. The van der Waals surface area contributed by atoms with Gasteiger partial charge < -0.3 is 9.30 Å². The van der Waals surface area contributed by atoms with Gasteiger partial charge in [0, 0.05) is 31.7 Å². The number of aromatic nitrogens is 4. The van der Waals surface area contributed by atoms with Crippen molar-refractivity contribution >= 4 is 11.6 Å². The topological polar surface area (TPSA) is 55.4 Å². The average molecular weight is 391 g/mol. The van der Waals surface area contributed by atoms with Crippen molar-refractivity contribution in [2.75, 3.05) is 13.1 Å². The van der Waals surface area contributed by atoms with Gasteiger partial charge >= 0.3 is 6.18 Å². The number of hydrogen-bond acceptors (Lipinski definition) is 3. The Balaban J connectivity index is 1.37. The number of carbonyl (C=O) groups excluding carboxylic acids is 1. The van der Waals surface area contributed by atoms with Gasteiger partial charge in [-0.25, -0.2) is 4.98 Å². The molecule has 0 unspecified atom stereocenters. The number of fused-ring (bicyclic) bond motifs is 1. The lowest BCUT2D eigenvalue weighted by Crippen LogP contribution is -2.40. The van der Waals surface area contributed by atoms with Crippen LogP contribution in [0.15, 0.2) is 36.8 Å². The van der Waals surface area contributed by atoms with Crippen molar-refractivity contribution in [1.29, 1.82) is 0 Å². The third-order valence-electron chi connectivity index (χ3n) is 5.15. The van der Waals surface area contributed by atoms with Crippen LogP contribution in [0.3, 0.4) is 0 Å². The first-order valence-electron chi connectivity index (χ1n) is 9.14. The van der Waals surface area contributed by atoms with Crippen LogP contribution in [-0.4, -0.2) is 43.1 Å². The molecule has 1 saturated heterocycles. The van der Waals surface area contributed by atoms with E-state index in [1.165, 1.54) is 10.9 Å². The summed E-state index contributed by atoms with van der Waals surface area (Å²) >= 11 is 0. The molecular weight excluding hydrogens is 371 g/mol. The Morgan fingerprint density at radius 3 is 2.61 bits per heavy atom. The van der Waals surface area contributed by atoms with E-state index in [1.807, 2.05) is 35.9 Å². The Morgan fingerprint density at radius 1 is 1.21 bits per heavy atom. The molecule has 0 bridgehead atoms. The van der Waals surface area contributed by atoms with Crippen LogP contribution in [0.2, 0.25) is 0 Å². The first-order valence-corrected chi connectivity index (χ1v) is 9.14. The van der Waals surface area contributed by atoms with Crippen LogP contribution < -0.4 is 0 Å². The summed E-state index contributed by atoms with van der Waals surface area (Å²) in [6, 6.07) is 4.76. The van der Waals surface area contributed by atoms with Gasteiger partial charge in [0.25, 0.3) is 0 Å². The van der Waals surface area contributed by atoms with E-state index in [4.69, 9.17) is 0 Å². The summed E-state index contributed by atoms with van der Waals surface area (Å²) in [5.41, 5.74) is 1.71. The number of imidazole rings is 1. The molecule has 9 heteroatoms. The van der Waals surface area contributed by atoms with Gasteiger partial charge in [0.1, 0.15) is 5.65 Å². The van der Waals surface area contributed by atoms with Crippen LogP contribution in [0.1, 0.15) is 35.8 Å². The summed E-state index contributed by atoms with van der Waals surface area (Å²) in [4.78, 5) is 18.9. The van der Waals surface area contributed by atoms with E-state index in [0.29, 0.717) is 31.6 Å². The number of pyridine rings is 1. The molecule has 3 aromatic rings. The van der Waals surface area contributed by atoms with Gasteiger partial charge in [-0.2, -0.15) is 18.3 Å². The minimum Gasteiger partial charge on any atom is -0.342 e. The fourth-order valence-electron chi connectivity index (χ4n) is 3.63. The van der Waals surface area contributed by atoms with Crippen LogP contribution >= 0.6 is 0 Å². The molecule has 148 valence electrons. The minimum atomic E-state index is -4.44. The fraction of sp³-hybridized carbons (Fsp3) is 0.421. The van der Waals surface area contributed by atoms with E-state index in [0.717, 1.165) is 17.3 Å². The summed E-state index contributed by atoms with van der Waals surface area (Å²) in [6.45, 7) is 2.96. The molecular formula is C19H20F3N5O. The van der Waals surface area contributed by atoms with E-state index in [1.54, 1.807) is 4.90 Å². The summed E-state index contributed by atoms with van der Waals surface area (Å²) in [5, 5.41) is 3.65. The number of aryl methyl sites for hydroxylation is 1. The molecule has 1 aliphatic rings. The molecule has 1 aliphatic heterocycles. The number of halogens is 3. The van der Waals surface area contributed by atoms with Crippen molar-refractivity contribution in [3.63, 3.8) is 0 Å². The zero-order chi connectivity index (χ0) is 19.9. The molecule has 0 spiro atoms. The van der Waals surface area contributed by atoms with Crippen molar-refractivity contribution in [3.8, 4) is 0 Å². The van der Waals surface area contributed by atoms with Gasteiger partial charge in [-0.15, -0.1) is 0 Å². The van der Waals surface area contributed by atoms with Gasteiger partial charge in [0.15, 0.2) is 5.69 Å². The Kier molecular flexibility index (Phi) is 4.60. The summed E-state index contributed by atoms with van der Waals surface area (Å²) in [7, 11) is 0. The smallest absolute Gasteiger partial charge is 0.342 e. The van der Waals surface area contributed by atoms with Crippen LogP contribution in [0.25, 0.3) is 5.65 Å². The van der Waals surface area contributed by atoms with Crippen molar-refractivity contribution in [3.05, 3.63) is 53.7 Å². The van der Waals surface area contributed by atoms with Crippen LogP contribution in [0, 0.1) is 6.92 Å². The minimum absolute atomic E-state index is 0.0176. The van der Waals surface area contributed by atoms with Gasteiger partial charge in [-0.3, -0.25) is 9.48 Å². The second-order valence-corrected chi connectivity index (χ2v) is 7.12. The van der Waals surface area contributed by atoms with E-state index < -0.39 is 11.9 Å². The molecule has 0 aromatic carbocycles. The number of nitrogens with zero attached hydrogens (tertiary/aromatic N) is 5. The molecule has 0 saturated carbocycles. The van der Waals surface area contributed by atoms with E-state index in [-0.39, 0.29) is 18.4 Å². The van der Waals surface area contributed by atoms with Crippen LogP contribution in [-0.2, 0) is 17.4 Å². The van der Waals surface area contributed by atoms with Crippen molar-refractivity contribution in [2.45, 2.75) is 38.4 Å². The maximum absolute atomic E-state index is 12.7. The third kappa shape index (κ3) is 3.61. The summed E-state index contributed by atoms with van der Waals surface area (Å²) in [5.74, 6) is -0.0176. The Morgan fingerprint density at radius 2 is 1.96 bits per heavy atom. The Labute approximate surface area is 159 Å². The predicted molar refractivity (Wildman–Crippen MR) is 95.7 cm³/mol. The fourth-order valence-corrected chi connectivity index (χ4v) is 3.63. The van der Waals surface area contributed by atoms with Crippen molar-refractivity contribution in [2.24, 2.45) is 0 Å². The molecule has 0 atom stereocenters. The molecule has 0 radical (unpaired) electrons. The molecule has 0 N–H and O–H groups in total. The molecule has 3 aromatic heterocycles. The normalized spacial score (nSPS) is 16.1. The highest BCUT2D eigenvalue weighted by molar-refractivity contribution is 5.78. The van der Waals surface area contributed by atoms with Crippen molar-refractivity contribution < 1.29 is 18.0 Å². The van der Waals surface area contributed by atoms with E-state index in [9.17, 15) is 18.0 Å². The number of piperidine rings is 1. The third-order valence-corrected chi connectivity index (χ3v) is 5.15. The largest absolute Gasteiger partial charge is 0.435 e. The van der Waals surface area contributed by atoms with Gasteiger partial charge in [0.2, 0.25) is 5.91 Å². The van der Waals surface area contributed by atoms with Gasteiger partial charge in [-0.05, 0) is 37.5 Å². The number of rotatable bonds is 3. The number of amides is 1. The second-order valence-electron chi connectivity index (χ2n) is 7.12. The lowest BCUT2D eigenvalue weighted by molar-refractivity contribution is -0.141. The standard InChI is InChI=1S/C19H20F3N5O/c1-13-3-2-7-26-12-14(23-18(13)26)11-17(28)25-8-4-15(5-9-25)27-10-6-16(24-27)19(20,21)22/h2-3,6-7,10,12,15H,4-5,8-9,11H2,1H3. The SMILES string of the molecule is Cc1cccn2cc(CC(=O)N3CCC(n4ccc(C(F)(F)F)n4)CC3)nc12. The summed E-state index contributed by atoms with van der Waals surface area (Å²) < 4.78 is 41.4. The van der Waals surface area contributed by atoms with Crippen LogP contribution in [0.4, 0.5) is 13.2 Å². The zero-order valence-corrected chi connectivity index (χ0v) is 15.4. The number of carbonyl (C=O) groups is 1. The molecule has 1 fully saturated rings. The van der Waals surface area contributed by atoms with Crippen molar-refractivity contribution in [1.82, 2.24) is 24.1 Å². The second kappa shape index (κ2) is 6.96. The molecule has 4 heterocycles. The zero-order valence-electron chi connectivity index (χ0n) is 15.4. The quantitative estimate of drug-likeness (QED) is 0.689. The monoisotopic (exact) mass is 391 g/mol. The van der Waals surface area contributed by atoms with E-state index >= 15 is 0 Å². The number of alkyl halides is 3. The predicted octanol–water partition coefficient (Wildman–Crippen LogP) is 3.26. The lowest BCUT2D eigenvalue weighted by atomic mass is 10.0. The average Bonchev–Trinajstić information content (AvgIpc) is 3.29. The van der Waals surface area contributed by atoms with Gasteiger partial charge in [0.05, 0.1) is 18.2 Å². The highest BCUT2D eigenvalue weighted by Crippen LogP contribution is 2.29. The first kappa shape index (κ1) is 18.5. The molecule has 28 heavy (non-hydrogen) atoms. The molecule has 0 aliphatic carbocycles. The summed E-state index contributed by atoms with van der Waals surface area (Å²) in [6.07, 6.45) is 2.05. The number of hydrogen-bond donors (Lipinski definition) is 0. The van der Waals surface area contributed by atoms with E-state index in [2.05, 4.69) is 10.1 Å². The highest BCUT2D eigenvalue weighted by Gasteiger charge is 2.34. The molecule has 6 nitrogen and oxygen atoms in total. The Hall–Kier alpha value is -2.84. The Bertz CT molecular complexity index is 999. The van der Waals surface area contributed by atoms with Gasteiger partial charge in [-0.1, -0.05) is 6.07 Å². The number of likely N-dealkylation sites (tertiary alicyclic amines) is 1.